The van der Waals surface area contributed by atoms with Gasteiger partial charge in [0.15, 0.2) is 11.5 Å². The first-order valence-corrected chi connectivity index (χ1v) is 11.3. The van der Waals surface area contributed by atoms with Crippen LogP contribution in [0.25, 0.3) is 10.9 Å². The van der Waals surface area contributed by atoms with Crippen molar-refractivity contribution in [2.75, 3.05) is 5.32 Å². The first-order valence-electron chi connectivity index (χ1n) is 11.3. The van der Waals surface area contributed by atoms with Crippen molar-refractivity contribution in [1.29, 1.82) is 10.8 Å². The third-order valence-corrected chi connectivity index (χ3v) is 5.46. The largest absolute Gasteiger partial charge is 0.488 e. The van der Waals surface area contributed by atoms with Crippen LogP contribution in [0.5, 0.6) is 5.75 Å². The molecule has 0 spiro atoms. The molecule has 2 aromatic heterocycles. The number of hydrogen-bond donors (Lipinski definition) is 4. The second-order valence-electron chi connectivity index (χ2n) is 8.30. The summed E-state index contributed by atoms with van der Waals surface area (Å²) < 4.78 is 6.08. The Morgan fingerprint density at radius 1 is 1.06 bits per heavy atom. The van der Waals surface area contributed by atoms with Crippen LogP contribution < -0.4 is 10.1 Å². The fourth-order valence-electron chi connectivity index (χ4n) is 3.69. The number of nitrogens with one attached hydrogen (secondary N) is 3. The SMILES string of the molecule is CC(C)N(C=N)C(=N)c1cccc(Nc2cccc3nc(C(=O)O)cc(OCc4ccccc4)c23)n1. The van der Waals surface area contributed by atoms with E-state index < -0.39 is 5.97 Å². The van der Waals surface area contributed by atoms with Crippen LogP contribution in [0.1, 0.15) is 35.6 Å². The van der Waals surface area contributed by atoms with E-state index in [1.54, 1.807) is 30.3 Å². The van der Waals surface area contributed by atoms with Gasteiger partial charge >= 0.3 is 5.97 Å². The second-order valence-corrected chi connectivity index (χ2v) is 8.30. The standard InChI is InChI=1S/C27H26N6O3/c1-17(2)33(16-28)26(29)21-12-7-13-24(32-21)31-20-11-6-10-19-25(20)23(14-22(30-19)27(34)35)36-15-18-8-4-3-5-9-18/h3-14,16-17,28-29H,15H2,1-2H3,(H,31,32)(H,34,35). The molecule has 4 N–H and O–H groups in total. The van der Waals surface area contributed by atoms with E-state index >= 15 is 0 Å². The Labute approximate surface area is 208 Å². The third kappa shape index (κ3) is 5.30. The van der Waals surface area contributed by atoms with Gasteiger partial charge in [0.25, 0.3) is 0 Å². The Hall–Kier alpha value is -4.79. The van der Waals surface area contributed by atoms with E-state index in [1.165, 1.54) is 11.0 Å². The first kappa shape index (κ1) is 24.3. The molecular formula is C27H26N6O3. The van der Waals surface area contributed by atoms with Gasteiger partial charge in [-0.05, 0) is 43.7 Å². The highest BCUT2D eigenvalue weighted by atomic mass is 16.5. The minimum Gasteiger partial charge on any atom is -0.488 e. The van der Waals surface area contributed by atoms with Crippen molar-refractivity contribution in [1.82, 2.24) is 14.9 Å². The van der Waals surface area contributed by atoms with Crippen molar-refractivity contribution in [3.8, 4) is 5.75 Å². The monoisotopic (exact) mass is 482 g/mol. The minimum atomic E-state index is -1.14. The maximum absolute atomic E-state index is 11.7. The molecule has 4 aromatic rings. The van der Waals surface area contributed by atoms with Gasteiger partial charge in [0.2, 0.25) is 0 Å². The smallest absolute Gasteiger partial charge is 0.354 e. The first-order chi connectivity index (χ1) is 17.4. The fraction of sp³-hybridized carbons (Fsp3) is 0.148. The summed E-state index contributed by atoms with van der Waals surface area (Å²) in [4.78, 5) is 22.0. The zero-order chi connectivity index (χ0) is 25.7. The highest BCUT2D eigenvalue weighted by Gasteiger charge is 2.17. The number of benzene rings is 2. The molecule has 0 aliphatic heterocycles. The molecule has 0 saturated carbocycles. The number of ether oxygens (including phenoxy) is 1. The lowest BCUT2D eigenvalue weighted by Crippen LogP contribution is -2.36. The predicted octanol–water partition coefficient (Wildman–Crippen LogP) is 5.29. The Bertz CT molecular complexity index is 1420. The van der Waals surface area contributed by atoms with Crippen LogP contribution in [0, 0.1) is 10.8 Å². The number of pyridine rings is 2. The molecule has 182 valence electrons. The van der Waals surface area contributed by atoms with Crippen molar-refractivity contribution >= 4 is 40.6 Å². The molecule has 0 radical (unpaired) electrons. The zero-order valence-electron chi connectivity index (χ0n) is 19.9. The average Bonchev–Trinajstić information content (AvgIpc) is 2.88. The number of carboxylic acids is 1. The van der Waals surface area contributed by atoms with Crippen molar-refractivity contribution < 1.29 is 14.6 Å². The summed E-state index contributed by atoms with van der Waals surface area (Å²) in [5.74, 6) is -0.173. The summed E-state index contributed by atoms with van der Waals surface area (Å²) in [5.41, 5.74) is 2.32. The van der Waals surface area contributed by atoms with Gasteiger partial charge in [-0.15, -0.1) is 0 Å². The molecule has 0 aliphatic rings. The van der Waals surface area contributed by atoms with Gasteiger partial charge < -0.3 is 20.1 Å². The molecule has 2 aromatic carbocycles. The highest BCUT2D eigenvalue weighted by molar-refractivity contribution is 6.02. The maximum atomic E-state index is 11.7. The lowest BCUT2D eigenvalue weighted by molar-refractivity contribution is 0.0690. The number of amidine groups is 1. The number of rotatable bonds is 9. The van der Waals surface area contributed by atoms with Gasteiger partial charge in [0.1, 0.15) is 23.9 Å². The lowest BCUT2D eigenvalue weighted by Gasteiger charge is -2.23. The number of anilines is 2. The molecule has 0 atom stereocenters. The highest BCUT2D eigenvalue weighted by Crippen LogP contribution is 2.34. The molecule has 0 amide bonds. The number of fused-ring (bicyclic) bond motifs is 1. The number of aromatic carboxylic acids is 1. The molecule has 9 nitrogen and oxygen atoms in total. The molecule has 4 rings (SSSR count). The number of nitrogens with zero attached hydrogens (tertiary/aromatic N) is 3. The molecule has 0 aliphatic carbocycles. The molecule has 0 saturated heterocycles. The summed E-state index contributed by atoms with van der Waals surface area (Å²) in [7, 11) is 0. The van der Waals surface area contributed by atoms with Crippen molar-refractivity contribution in [2.24, 2.45) is 0 Å². The summed E-state index contributed by atoms with van der Waals surface area (Å²) in [6, 6.07) is 21.5. The van der Waals surface area contributed by atoms with Crippen LogP contribution in [0.2, 0.25) is 0 Å². The molecule has 2 heterocycles. The van der Waals surface area contributed by atoms with Gasteiger partial charge in [0, 0.05) is 12.1 Å². The Morgan fingerprint density at radius 3 is 2.50 bits per heavy atom. The van der Waals surface area contributed by atoms with E-state index in [1.807, 2.05) is 50.2 Å². The van der Waals surface area contributed by atoms with Crippen molar-refractivity contribution in [3.63, 3.8) is 0 Å². The third-order valence-electron chi connectivity index (χ3n) is 5.46. The van der Waals surface area contributed by atoms with Crippen LogP contribution in [0.3, 0.4) is 0 Å². The number of carboxylic acid groups (broad SMARTS) is 1. The van der Waals surface area contributed by atoms with E-state index in [-0.39, 0.29) is 24.2 Å². The number of hydrogen-bond acceptors (Lipinski definition) is 7. The quantitative estimate of drug-likeness (QED) is 0.188. The summed E-state index contributed by atoms with van der Waals surface area (Å²) >= 11 is 0. The number of carbonyl (C=O) groups is 1. The van der Waals surface area contributed by atoms with Crippen LogP contribution in [0.15, 0.2) is 72.8 Å². The summed E-state index contributed by atoms with van der Waals surface area (Å²) in [6.07, 6.45) is 1.11. The Kier molecular flexibility index (Phi) is 7.20. The van der Waals surface area contributed by atoms with Crippen LogP contribution in [0.4, 0.5) is 11.5 Å². The average molecular weight is 483 g/mol. The van der Waals surface area contributed by atoms with Gasteiger partial charge in [-0.2, -0.15) is 0 Å². The predicted molar refractivity (Wildman–Crippen MR) is 140 cm³/mol. The number of aromatic nitrogens is 2. The second kappa shape index (κ2) is 10.6. The minimum absolute atomic E-state index is 0.0645. The van der Waals surface area contributed by atoms with Gasteiger partial charge in [-0.3, -0.25) is 10.8 Å². The van der Waals surface area contributed by atoms with Gasteiger partial charge in [-0.1, -0.05) is 42.5 Å². The van der Waals surface area contributed by atoms with Crippen LogP contribution in [-0.2, 0) is 6.61 Å². The zero-order valence-corrected chi connectivity index (χ0v) is 19.9. The van der Waals surface area contributed by atoms with Gasteiger partial charge in [-0.25, -0.2) is 14.8 Å². The fourth-order valence-corrected chi connectivity index (χ4v) is 3.69. The van der Waals surface area contributed by atoms with Crippen LogP contribution >= 0.6 is 0 Å². The van der Waals surface area contributed by atoms with E-state index in [0.29, 0.717) is 33.9 Å². The molecule has 9 heteroatoms. The topological polar surface area (TPSA) is 135 Å². The van der Waals surface area contributed by atoms with E-state index in [2.05, 4.69) is 15.3 Å². The van der Waals surface area contributed by atoms with Crippen molar-refractivity contribution in [2.45, 2.75) is 26.5 Å². The van der Waals surface area contributed by atoms with Crippen LogP contribution in [-0.4, -0.2) is 44.2 Å². The van der Waals surface area contributed by atoms with E-state index in [4.69, 9.17) is 15.6 Å². The maximum Gasteiger partial charge on any atom is 0.354 e. The summed E-state index contributed by atoms with van der Waals surface area (Å²) in [5, 5.41) is 29.5. The molecule has 36 heavy (non-hydrogen) atoms. The lowest BCUT2D eigenvalue weighted by atomic mass is 10.1. The van der Waals surface area contributed by atoms with E-state index in [9.17, 15) is 9.90 Å². The molecule has 0 unspecified atom stereocenters. The summed E-state index contributed by atoms with van der Waals surface area (Å²) in [6.45, 7) is 4.05. The Morgan fingerprint density at radius 2 is 1.81 bits per heavy atom. The molecule has 0 fully saturated rings. The van der Waals surface area contributed by atoms with Crippen molar-refractivity contribution in [3.05, 3.63) is 89.7 Å². The van der Waals surface area contributed by atoms with E-state index in [0.717, 1.165) is 11.9 Å². The molecular weight excluding hydrogens is 456 g/mol. The Balaban J connectivity index is 1.72. The molecule has 0 bridgehead atoms. The normalized spacial score (nSPS) is 10.8. The van der Waals surface area contributed by atoms with Gasteiger partial charge in [0.05, 0.1) is 22.9 Å².